The number of likely N-dealkylation sites (tertiary alicyclic amines) is 1. The van der Waals surface area contributed by atoms with Crippen LogP contribution >= 0.6 is 0 Å². The van der Waals surface area contributed by atoms with Crippen molar-refractivity contribution in [2.75, 3.05) is 40.5 Å². The zero-order chi connectivity index (χ0) is 19.8. The summed E-state index contributed by atoms with van der Waals surface area (Å²) < 4.78 is 16.3. The highest BCUT2D eigenvalue weighted by atomic mass is 16.5. The summed E-state index contributed by atoms with van der Waals surface area (Å²) in [6.45, 7) is 2.57. The number of carbonyl (C=O) groups excluding carboxylic acids is 1. The summed E-state index contributed by atoms with van der Waals surface area (Å²) in [5, 5.41) is 3.02. The van der Waals surface area contributed by atoms with Crippen LogP contribution in [0.2, 0.25) is 0 Å². The Morgan fingerprint density at radius 1 is 1.04 bits per heavy atom. The molecule has 1 saturated heterocycles. The standard InChI is InChI=1S/C22H28N2O4/c1-26-20-11-10-17(14-21(20)27-2)19(24-12-6-7-13-24)15-23-22(25)16-28-18-8-4-3-5-9-18/h3-5,8-11,14,19H,6-7,12-13,15-16H2,1-2H3,(H,23,25). The van der Waals surface area contributed by atoms with Gasteiger partial charge in [0.05, 0.1) is 20.3 Å². The fourth-order valence-electron chi connectivity index (χ4n) is 3.50. The maximum atomic E-state index is 12.3. The number of hydrogen-bond acceptors (Lipinski definition) is 5. The van der Waals surface area contributed by atoms with Crippen molar-refractivity contribution in [3.8, 4) is 17.2 Å². The monoisotopic (exact) mass is 384 g/mol. The van der Waals surface area contributed by atoms with Gasteiger partial charge in [-0.3, -0.25) is 9.69 Å². The Bertz CT molecular complexity index is 760. The SMILES string of the molecule is COc1ccc(C(CNC(=O)COc2ccccc2)N2CCCC2)cc1OC. The zero-order valence-corrected chi connectivity index (χ0v) is 16.5. The van der Waals surface area contributed by atoms with E-state index in [4.69, 9.17) is 14.2 Å². The van der Waals surface area contributed by atoms with Gasteiger partial charge in [0.25, 0.3) is 5.91 Å². The molecular weight excluding hydrogens is 356 g/mol. The van der Waals surface area contributed by atoms with Crippen LogP contribution in [0.15, 0.2) is 48.5 Å². The molecule has 1 unspecified atom stereocenters. The quantitative estimate of drug-likeness (QED) is 0.720. The summed E-state index contributed by atoms with van der Waals surface area (Å²) in [6.07, 6.45) is 2.35. The van der Waals surface area contributed by atoms with Crippen molar-refractivity contribution in [2.45, 2.75) is 18.9 Å². The van der Waals surface area contributed by atoms with E-state index in [0.29, 0.717) is 23.8 Å². The maximum Gasteiger partial charge on any atom is 0.258 e. The molecule has 0 aromatic heterocycles. The Hall–Kier alpha value is -2.73. The van der Waals surface area contributed by atoms with Crippen LogP contribution in [0.1, 0.15) is 24.4 Å². The first-order valence-corrected chi connectivity index (χ1v) is 9.62. The molecule has 28 heavy (non-hydrogen) atoms. The van der Waals surface area contributed by atoms with Gasteiger partial charge in [0.15, 0.2) is 18.1 Å². The van der Waals surface area contributed by atoms with Gasteiger partial charge >= 0.3 is 0 Å². The fraction of sp³-hybridized carbons (Fsp3) is 0.409. The minimum absolute atomic E-state index is 0.00265. The van der Waals surface area contributed by atoms with E-state index in [9.17, 15) is 4.79 Å². The van der Waals surface area contributed by atoms with Gasteiger partial charge in [-0.1, -0.05) is 24.3 Å². The third-order valence-electron chi connectivity index (χ3n) is 4.98. The van der Waals surface area contributed by atoms with E-state index in [-0.39, 0.29) is 18.6 Å². The van der Waals surface area contributed by atoms with Crippen LogP contribution in [-0.4, -0.2) is 51.3 Å². The van der Waals surface area contributed by atoms with Gasteiger partial charge in [0.2, 0.25) is 0 Å². The lowest BCUT2D eigenvalue weighted by atomic mass is 10.0. The molecule has 1 heterocycles. The first-order valence-electron chi connectivity index (χ1n) is 9.62. The third-order valence-corrected chi connectivity index (χ3v) is 4.98. The Morgan fingerprint density at radius 2 is 1.75 bits per heavy atom. The highest BCUT2D eigenvalue weighted by Crippen LogP contribution is 2.33. The number of amides is 1. The van der Waals surface area contributed by atoms with Gasteiger partial charge in [-0.25, -0.2) is 0 Å². The van der Waals surface area contributed by atoms with Gasteiger partial charge in [-0.05, 0) is 55.8 Å². The predicted octanol–water partition coefficient (Wildman–Crippen LogP) is 3.04. The number of para-hydroxylation sites is 1. The molecule has 0 spiro atoms. The molecule has 0 radical (unpaired) electrons. The number of methoxy groups -OCH3 is 2. The molecule has 1 N–H and O–H groups in total. The predicted molar refractivity (Wildman–Crippen MR) is 108 cm³/mol. The molecule has 0 bridgehead atoms. The molecule has 6 heteroatoms. The number of ether oxygens (including phenoxy) is 3. The van der Waals surface area contributed by atoms with Crippen LogP contribution in [0.4, 0.5) is 0 Å². The summed E-state index contributed by atoms with van der Waals surface area (Å²) in [5.74, 6) is 1.96. The van der Waals surface area contributed by atoms with Crippen molar-refractivity contribution >= 4 is 5.91 Å². The molecule has 1 aliphatic heterocycles. The zero-order valence-electron chi connectivity index (χ0n) is 16.5. The molecule has 3 rings (SSSR count). The van der Waals surface area contributed by atoms with Gasteiger partial charge in [0, 0.05) is 6.54 Å². The number of hydrogen-bond donors (Lipinski definition) is 1. The normalized spacial score (nSPS) is 15.1. The fourth-order valence-corrected chi connectivity index (χ4v) is 3.50. The van der Waals surface area contributed by atoms with E-state index in [1.54, 1.807) is 14.2 Å². The lowest BCUT2D eigenvalue weighted by molar-refractivity contribution is -0.123. The van der Waals surface area contributed by atoms with Crippen molar-refractivity contribution in [3.63, 3.8) is 0 Å². The summed E-state index contributed by atoms with van der Waals surface area (Å²) in [6, 6.07) is 15.4. The number of rotatable bonds is 9. The molecular formula is C22H28N2O4. The van der Waals surface area contributed by atoms with Crippen LogP contribution < -0.4 is 19.5 Å². The molecule has 2 aromatic carbocycles. The average Bonchev–Trinajstić information content (AvgIpc) is 3.27. The molecule has 6 nitrogen and oxygen atoms in total. The second kappa shape index (κ2) is 9.99. The first-order chi connectivity index (χ1) is 13.7. The van der Waals surface area contributed by atoms with Crippen LogP contribution in [0, 0.1) is 0 Å². The van der Waals surface area contributed by atoms with E-state index in [2.05, 4.69) is 10.2 Å². The molecule has 150 valence electrons. The topological polar surface area (TPSA) is 60.0 Å². The van der Waals surface area contributed by atoms with Gasteiger partial charge in [-0.2, -0.15) is 0 Å². The lowest BCUT2D eigenvalue weighted by Crippen LogP contribution is -2.38. The Kier molecular flexibility index (Phi) is 7.14. The average molecular weight is 384 g/mol. The summed E-state index contributed by atoms with van der Waals surface area (Å²) >= 11 is 0. The van der Waals surface area contributed by atoms with Crippen molar-refractivity contribution in [2.24, 2.45) is 0 Å². The molecule has 1 fully saturated rings. The van der Waals surface area contributed by atoms with Crippen LogP contribution in [0.5, 0.6) is 17.2 Å². The summed E-state index contributed by atoms with van der Waals surface area (Å²) in [7, 11) is 3.26. The van der Waals surface area contributed by atoms with E-state index >= 15 is 0 Å². The molecule has 0 aliphatic carbocycles. The smallest absolute Gasteiger partial charge is 0.258 e. The van der Waals surface area contributed by atoms with Gasteiger partial charge < -0.3 is 19.5 Å². The lowest BCUT2D eigenvalue weighted by Gasteiger charge is -2.28. The Labute approximate surface area is 166 Å². The van der Waals surface area contributed by atoms with Gasteiger partial charge in [0.1, 0.15) is 5.75 Å². The Balaban J connectivity index is 1.64. The van der Waals surface area contributed by atoms with Crippen molar-refractivity contribution < 1.29 is 19.0 Å². The summed E-state index contributed by atoms with van der Waals surface area (Å²) in [4.78, 5) is 14.7. The van der Waals surface area contributed by atoms with E-state index in [0.717, 1.165) is 18.7 Å². The number of benzene rings is 2. The summed E-state index contributed by atoms with van der Waals surface area (Å²) in [5.41, 5.74) is 1.10. The second-order valence-electron chi connectivity index (χ2n) is 6.78. The maximum absolute atomic E-state index is 12.3. The highest BCUT2D eigenvalue weighted by molar-refractivity contribution is 5.77. The largest absolute Gasteiger partial charge is 0.493 e. The molecule has 2 aromatic rings. The number of carbonyl (C=O) groups is 1. The van der Waals surface area contributed by atoms with Crippen molar-refractivity contribution in [3.05, 3.63) is 54.1 Å². The molecule has 1 aliphatic rings. The molecule has 0 saturated carbocycles. The van der Waals surface area contributed by atoms with Crippen molar-refractivity contribution in [1.82, 2.24) is 10.2 Å². The minimum atomic E-state index is -0.131. The minimum Gasteiger partial charge on any atom is -0.493 e. The van der Waals surface area contributed by atoms with E-state index in [1.165, 1.54) is 12.8 Å². The second-order valence-corrected chi connectivity index (χ2v) is 6.78. The third kappa shape index (κ3) is 5.16. The van der Waals surface area contributed by atoms with Crippen molar-refractivity contribution in [1.29, 1.82) is 0 Å². The van der Waals surface area contributed by atoms with Gasteiger partial charge in [-0.15, -0.1) is 0 Å². The van der Waals surface area contributed by atoms with Crippen LogP contribution in [-0.2, 0) is 4.79 Å². The highest BCUT2D eigenvalue weighted by Gasteiger charge is 2.25. The number of nitrogens with one attached hydrogen (secondary N) is 1. The first kappa shape index (κ1) is 20.0. The van der Waals surface area contributed by atoms with Crippen LogP contribution in [0.25, 0.3) is 0 Å². The molecule has 1 atom stereocenters. The number of nitrogens with zero attached hydrogens (tertiary/aromatic N) is 1. The Morgan fingerprint density at radius 3 is 2.43 bits per heavy atom. The van der Waals surface area contributed by atoms with E-state index in [1.807, 2.05) is 48.5 Å². The van der Waals surface area contributed by atoms with E-state index < -0.39 is 0 Å². The van der Waals surface area contributed by atoms with Crippen LogP contribution in [0.3, 0.4) is 0 Å². The molecule has 1 amide bonds.